The topological polar surface area (TPSA) is 43.4 Å². The first-order valence-electron chi connectivity index (χ1n) is 5.36. The molecule has 0 aliphatic heterocycles. The number of ether oxygens (including phenoxy) is 1. The Kier molecular flexibility index (Phi) is 5.15. The van der Waals surface area contributed by atoms with Crippen molar-refractivity contribution in [3.8, 4) is 0 Å². The molecule has 0 aliphatic carbocycles. The molecule has 0 radical (unpaired) electrons. The van der Waals surface area contributed by atoms with Gasteiger partial charge in [-0.05, 0) is 13.3 Å². The maximum absolute atomic E-state index is 12.0. The Hall–Kier alpha value is -0.700. The minimum atomic E-state index is -0.528. The number of carbonyl (C=O) groups is 2. The van der Waals surface area contributed by atoms with Crippen LogP contribution in [0, 0.1) is 11.3 Å². The average molecular weight is 214 g/mol. The summed E-state index contributed by atoms with van der Waals surface area (Å²) < 4.78 is 4.96. The summed E-state index contributed by atoms with van der Waals surface area (Å²) in [6.07, 6.45) is 0.0454. The van der Waals surface area contributed by atoms with Gasteiger partial charge >= 0.3 is 0 Å². The van der Waals surface area contributed by atoms with Crippen molar-refractivity contribution in [3.63, 3.8) is 0 Å². The minimum Gasteiger partial charge on any atom is -0.374 e. The zero-order valence-electron chi connectivity index (χ0n) is 10.6. The Bertz CT molecular complexity index is 238. The number of Topliss-reactive ketones (excluding diaryl/α,β-unsaturated/α-hetero) is 2. The lowest BCUT2D eigenvalue weighted by molar-refractivity contribution is -0.142. The number of ketones is 2. The van der Waals surface area contributed by atoms with E-state index in [2.05, 4.69) is 0 Å². The summed E-state index contributed by atoms with van der Waals surface area (Å²) in [5.74, 6) is -0.640. The lowest BCUT2D eigenvalue weighted by Crippen LogP contribution is -2.38. The molecule has 0 heterocycles. The van der Waals surface area contributed by atoms with Crippen molar-refractivity contribution in [1.82, 2.24) is 0 Å². The lowest BCUT2D eigenvalue weighted by atomic mass is 9.79. The SMILES string of the molecule is CCC(C(=O)C(C)OC)C(=O)C(C)(C)C. The van der Waals surface area contributed by atoms with Gasteiger partial charge in [-0.2, -0.15) is 0 Å². The van der Waals surface area contributed by atoms with Crippen LogP contribution in [0.15, 0.2) is 0 Å². The molecule has 0 aromatic heterocycles. The average Bonchev–Trinajstić information content (AvgIpc) is 2.15. The van der Waals surface area contributed by atoms with Gasteiger partial charge in [-0.15, -0.1) is 0 Å². The molecular formula is C12H22O3. The molecule has 0 aromatic carbocycles. The second-order valence-electron chi connectivity index (χ2n) is 4.86. The predicted molar refractivity (Wildman–Crippen MR) is 59.7 cm³/mol. The first-order chi connectivity index (χ1) is 6.75. The van der Waals surface area contributed by atoms with E-state index in [9.17, 15) is 9.59 Å². The largest absolute Gasteiger partial charge is 0.374 e. The molecule has 2 atom stereocenters. The third kappa shape index (κ3) is 3.74. The Labute approximate surface area is 92.2 Å². The Morgan fingerprint density at radius 3 is 2.00 bits per heavy atom. The quantitative estimate of drug-likeness (QED) is 0.659. The molecule has 0 aromatic rings. The standard InChI is InChI=1S/C12H22O3/c1-7-9(10(13)8(2)15-6)11(14)12(3,4)5/h8-9H,7H2,1-6H3. The van der Waals surface area contributed by atoms with Crippen LogP contribution in [-0.2, 0) is 14.3 Å². The monoisotopic (exact) mass is 214 g/mol. The molecule has 0 N–H and O–H groups in total. The third-order valence-electron chi connectivity index (χ3n) is 2.56. The van der Waals surface area contributed by atoms with Crippen LogP contribution < -0.4 is 0 Å². The van der Waals surface area contributed by atoms with Crippen LogP contribution in [-0.4, -0.2) is 24.8 Å². The number of hydrogen-bond acceptors (Lipinski definition) is 3. The summed E-state index contributed by atoms with van der Waals surface area (Å²) in [4.78, 5) is 23.8. The molecule has 3 nitrogen and oxygen atoms in total. The second kappa shape index (κ2) is 5.40. The van der Waals surface area contributed by atoms with Crippen LogP contribution in [0.4, 0.5) is 0 Å². The second-order valence-corrected chi connectivity index (χ2v) is 4.86. The highest BCUT2D eigenvalue weighted by Crippen LogP contribution is 2.24. The summed E-state index contributed by atoms with van der Waals surface area (Å²) >= 11 is 0. The van der Waals surface area contributed by atoms with Crippen LogP contribution in [0.5, 0.6) is 0 Å². The molecule has 0 amide bonds. The highest BCUT2D eigenvalue weighted by Gasteiger charge is 2.35. The molecule has 0 aliphatic rings. The molecule has 0 saturated carbocycles. The summed E-state index contributed by atoms with van der Waals surface area (Å²) in [6.45, 7) is 9.05. The fourth-order valence-corrected chi connectivity index (χ4v) is 1.44. The van der Waals surface area contributed by atoms with Gasteiger partial charge in [0.05, 0.1) is 5.92 Å². The predicted octanol–water partition coefficient (Wildman–Crippen LogP) is 2.23. The van der Waals surface area contributed by atoms with Crippen LogP contribution in [0.2, 0.25) is 0 Å². The zero-order chi connectivity index (χ0) is 12.2. The smallest absolute Gasteiger partial charge is 0.171 e. The molecule has 2 unspecified atom stereocenters. The maximum atomic E-state index is 12.0. The van der Waals surface area contributed by atoms with Crippen molar-refractivity contribution in [2.45, 2.75) is 47.1 Å². The minimum absolute atomic E-state index is 0.00102. The fraction of sp³-hybridized carbons (Fsp3) is 0.833. The van der Waals surface area contributed by atoms with E-state index >= 15 is 0 Å². The summed E-state index contributed by atoms with van der Waals surface area (Å²) in [5, 5.41) is 0. The molecule has 0 spiro atoms. The number of hydrogen-bond donors (Lipinski definition) is 0. The number of carbonyl (C=O) groups excluding carboxylic acids is 2. The van der Waals surface area contributed by atoms with Gasteiger partial charge in [0.1, 0.15) is 11.9 Å². The van der Waals surface area contributed by atoms with Crippen molar-refractivity contribution >= 4 is 11.6 Å². The van der Waals surface area contributed by atoms with Crippen molar-refractivity contribution in [1.29, 1.82) is 0 Å². The molecule has 3 heteroatoms. The Balaban J connectivity index is 4.78. The van der Waals surface area contributed by atoms with Gasteiger partial charge in [0.2, 0.25) is 0 Å². The van der Waals surface area contributed by atoms with Gasteiger partial charge in [0, 0.05) is 12.5 Å². The first-order valence-corrected chi connectivity index (χ1v) is 5.36. The molecule has 0 rings (SSSR count). The van der Waals surface area contributed by atoms with Crippen LogP contribution >= 0.6 is 0 Å². The molecular weight excluding hydrogens is 192 g/mol. The van der Waals surface area contributed by atoms with Gasteiger partial charge in [-0.25, -0.2) is 0 Å². The van der Waals surface area contributed by atoms with Crippen molar-refractivity contribution in [2.24, 2.45) is 11.3 Å². The molecule has 0 bridgehead atoms. The van der Waals surface area contributed by atoms with E-state index in [1.54, 1.807) is 6.92 Å². The van der Waals surface area contributed by atoms with E-state index in [4.69, 9.17) is 4.74 Å². The maximum Gasteiger partial charge on any atom is 0.171 e. The van der Waals surface area contributed by atoms with Gasteiger partial charge in [0.25, 0.3) is 0 Å². The molecule has 0 fully saturated rings. The van der Waals surface area contributed by atoms with E-state index in [0.29, 0.717) is 6.42 Å². The van der Waals surface area contributed by atoms with E-state index in [-0.39, 0.29) is 11.6 Å². The van der Waals surface area contributed by atoms with Crippen molar-refractivity contribution in [2.75, 3.05) is 7.11 Å². The zero-order valence-corrected chi connectivity index (χ0v) is 10.6. The third-order valence-corrected chi connectivity index (χ3v) is 2.56. The molecule has 0 saturated heterocycles. The summed E-state index contributed by atoms with van der Waals surface area (Å²) in [7, 11) is 1.48. The van der Waals surface area contributed by atoms with E-state index in [1.165, 1.54) is 7.11 Å². The highest BCUT2D eigenvalue weighted by atomic mass is 16.5. The fourth-order valence-electron chi connectivity index (χ4n) is 1.44. The van der Waals surface area contributed by atoms with Gasteiger partial charge in [-0.1, -0.05) is 27.7 Å². The van der Waals surface area contributed by atoms with E-state index < -0.39 is 17.4 Å². The molecule has 88 valence electrons. The lowest BCUT2D eigenvalue weighted by Gasteiger charge is -2.24. The normalized spacial score (nSPS) is 15.9. The van der Waals surface area contributed by atoms with Crippen LogP contribution in [0.3, 0.4) is 0 Å². The Morgan fingerprint density at radius 2 is 1.73 bits per heavy atom. The first kappa shape index (κ1) is 14.3. The van der Waals surface area contributed by atoms with E-state index in [0.717, 1.165) is 0 Å². The Morgan fingerprint density at radius 1 is 1.27 bits per heavy atom. The molecule has 15 heavy (non-hydrogen) atoms. The van der Waals surface area contributed by atoms with Crippen molar-refractivity contribution in [3.05, 3.63) is 0 Å². The van der Waals surface area contributed by atoms with Gasteiger partial charge in [-0.3, -0.25) is 9.59 Å². The summed E-state index contributed by atoms with van der Waals surface area (Å²) in [6, 6.07) is 0. The summed E-state index contributed by atoms with van der Waals surface area (Å²) in [5.41, 5.74) is -0.468. The number of methoxy groups -OCH3 is 1. The van der Waals surface area contributed by atoms with Crippen LogP contribution in [0.25, 0.3) is 0 Å². The van der Waals surface area contributed by atoms with E-state index in [1.807, 2.05) is 27.7 Å². The van der Waals surface area contributed by atoms with Crippen molar-refractivity contribution < 1.29 is 14.3 Å². The number of rotatable bonds is 5. The van der Waals surface area contributed by atoms with Gasteiger partial charge in [0.15, 0.2) is 5.78 Å². The highest BCUT2D eigenvalue weighted by molar-refractivity contribution is 6.05. The van der Waals surface area contributed by atoms with Crippen LogP contribution in [0.1, 0.15) is 41.0 Å². The van der Waals surface area contributed by atoms with Gasteiger partial charge < -0.3 is 4.74 Å².